The molecule has 0 amide bonds. The first-order valence-corrected chi connectivity index (χ1v) is 8.27. The number of esters is 1. The lowest BCUT2D eigenvalue weighted by atomic mass is 9.73. The largest absolute Gasteiger partial charge is 0.466 e. The van der Waals surface area contributed by atoms with Crippen molar-refractivity contribution in [1.29, 1.82) is 0 Å². The maximum atomic E-state index is 11.9. The van der Waals surface area contributed by atoms with Crippen molar-refractivity contribution in [3.63, 3.8) is 0 Å². The van der Waals surface area contributed by atoms with Crippen molar-refractivity contribution in [2.24, 2.45) is 5.92 Å². The summed E-state index contributed by atoms with van der Waals surface area (Å²) >= 11 is 0. The first kappa shape index (κ1) is 14.3. The number of carbonyl (C=O) groups is 1. The third-order valence-corrected chi connectivity index (χ3v) is 5.32. The molecule has 3 aliphatic rings. The van der Waals surface area contributed by atoms with Gasteiger partial charge in [0, 0.05) is 19.2 Å². The van der Waals surface area contributed by atoms with Crippen LogP contribution in [0.3, 0.4) is 0 Å². The Labute approximate surface area is 121 Å². The Morgan fingerprint density at radius 2 is 2.20 bits per heavy atom. The SMILES string of the molecule is CCOC(=O)[C@H]1CCCN(C2CCOC3(CCC3)C2)C1. The Balaban J connectivity index is 1.57. The van der Waals surface area contributed by atoms with Gasteiger partial charge in [0.15, 0.2) is 0 Å². The van der Waals surface area contributed by atoms with Crippen molar-refractivity contribution in [1.82, 2.24) is 4.90 Å². The maximum absolute atomic E-state index is 11.9. The van der Waals surface area contributed by atoms with Gasteiger partial charge < -0.3 is 9.47 Å². The molecule has 20 heavy (non-hydrogen) atoms. The van der Waals surface area contributed by atoms with E-state index in [2.05, 4.69) is 4.90 Å². The van der Waals surface area contributed by atoms with Crippen LogP contribution in [-0.2, 0) is 14.3 Å². The van der Waals surface area contributed by atoms with Crippen molar-refractivity contribution in [3.8, 4) is 0 Å². The molecule has 2 heterocycles. The summed E-state index contributed by atoms with van der Waals surface area (Å²) < 4.78 is 11.2. The van der Waals surface area contributed by atoms with Gasteiger partial charge in [-0.25, -0.2) is 0 Å². The van der Waals surface area contributed by atoms with E-state index >= 15 is 0 Å². The molecule has 2 atom stereocenters. The van der Waals surface area contributed by atoms with Gasteiger partial charge in [-0.2, -0.15) is 0 Å². The highest BCUT2D eigenvalue weighted by molar-refractivity contribution is 5.72. The van der Waals surface area contributed by atoms with Crippen molar-refractivity contribution in [3.05, 3.63) is 0 Å². The van der Waals surface area contributed by atoms with E-state index in [1.165, 1.54) is 25.7 Å². The number of ether oxygens (including phenoxy) is 2. The average Bonchev–Trinajstić information content (AvgIpc) is 2.46. The summed E-state index contributed by atoms with van der Waals surface area (Å²) in [6.45, 7) is 5.30. The summed E-state index contributed by atoms with van der Waals surface area (Å²) in [7, 11) is 0. The monoisotopic (exact) mass is 281 g/mol. The fraction of sp³-hybridized carbons (Fsp3) is 0.938. The van der Waals surface area contributed by atoms with Crippen LogP contribution in [0.5, 0.6) is 0 Å². The van der Waals surface area contributed by atoms with Gasteiger partial charge in [-0.3, -0.25) is 9.69 Å². The lowest BCUT2D eigenvalue weighted by molar-refractivity contribution is -0.158. The van der Waals surface area contributed by atoms with Crippen LogP contribution in [0.15, 0.2) is 0 Å². The van der Waals surface area contributed by atoms with Crippen LogP contribution in [0, 0.1) is 5.92 Å². The molecular formula is C16H27NO3. The molecule has 0 radical (unpaired) electrons. The third-order valence-electron chi connectivity index (χ3n) is 5.32. The van der Waals surface area contributed by atoms with Gasteiger partial charge in [0.2, 0.25) is 0 Å². The Hall–Kier alpha value is -0.610. The quantitative estimate of drug-likeness (QED) is 0.744. The fourth-order valence-corrected chi connectivity index (χ4v) is 4.02. The summed E-state index contributed by atoms with van der Waals surface area (Å²) in [5.74, 6) is 0.0894. The summed E-state index contributed by atoms with van der Waals surface area (Å²) in [4.78, 5) is 14.5. The molecule has 0 N–H and O–H groups in total. The van der Waals surface area contributed by atoms with Crippen molar-refractivity contribution < 1.29 is 14.3 Å². The molecule has 0 aromatic rings. The molecule has 1 saturated carbocycles. The van der Waals surface area contributed by atoms with Crippen LogP contribution in [0.2, 0.25) is 0 Å². The van der Waals surface area contributed by atoms with Gasteiger partial charge in [-0.1, -0.05) is 0 Å². The molecule has 2 aliphatic heterocycles. The molecule has 0 aromatic heterocycles. The predicted octanol–water partition coefficient (Wildman–Crippen LogP) is 2.36. The predicted molar refractivity (Wildman–Crippen MR) is 76.5 cm³/mol. The van der Waals surface area contributed by atoms with Crippen molar-refractivity contribution in [2.45, 2.75) is 63.5 Å². The molecule has 114 valence electrons. The summed E-state index contributed by atoms with van der Waals surface area (Å²) in [6.07, 6.45) is 8.19. The summed E-state index contributed by atoms with van der Waals surface area (Å²) in [6, 6.07) is 0.612. The number of rotatable bonds is 3. The minimum Gasteiger partial charge on any atom is -0.466 e. The van der Waals surface area contributed by atoms with Crippen LogP contribution in [0.4, 0.5) is 0 Å². The molecule has 3 fully saturated rings. The molecule has 3 rings (SSSR count). The second-order valence-corrected chi connectivity index (χ2v) is 6.62. The topological polar surface area (TPSA) is 38.8 Å². The highest BCUT2D eigenvalue weighted by atomic mass is 16.5. The van der Waals surface area contributed by atoms with Crippen LogP contribution in [-0.4, -0.2) is 48.8 Å². The van der Waals surface area contributed by atoms with E-state index in [4.69, 9.17) is 9.47 Å². The minimum atomic E-state index is 0.00242. The van der Waals surface area contributed by atoms with Gasteiger partial charge >= 0.3 is 5.97 Å². The first-order valence-electron chi connectivity index (χ1n) is 8.27. The van der Waals surface area contributed by atoms with E-state index in [9.17, 15) is 4.79 Å². The molecule has 4 heteroatoms. The van der Waals surface area contributed by atoms with Gasteiger partial charge in [-0.15, -0.1) is 0 Å². The zero-order chi connectivity index (χ0) is 14.0. The van der Waals surface area contributed by atoms with E-state index in [0.29, 0.717) is 12.6 Å². The van der Waals surface area contributed by atoms with Crippen molar-refractivity contribution >= 4 is 5.97 Å². The second kappa shape index (κ2) is 6.02. The van der Waals surface area contributed by atoms with Gasteiger partial charge in [0.1, 0.15) is 0 Å². The Morgan fingerprint density at radius 3 is 2.90 bits per heavy atom. The molecule has 0 aromatic carbocycles. The Morgan fingerprint density at radius 1 is 1.35 bits per heavy atom. The Bertz CT molecular complexity index is 354. The third kappa shape index (κ3) is 2.86. The molecule has 2 saturated heterocycles. The second-order valence-electron chi connectivity index (χ2n) is 6.62. The van der Waals surface area contributed by atoms with Crippen molar-refractivity contribution in [2.75, 3.05) is 26.3 Å². The molecule has 4 nitrogen and oxygen atoms in total. The van der Waals surface area contributed by atoms with Crippen LogP contribution >= 0.6 is 0 Å². The molecule has 1 aliphatic carbocycles. The van der Waals surface area contributed by atoms with E-state index in [1.54, 1.807) is 0 Å². The number of hydrogen-bond acceptors (Lipinski definition) is 4. The highest BCUT2D eigenvalue weighted by Gasteiger charge is 2.44. The first-order chi connectivity index (χ1) is 9.72. The number of nitrogens with zero attached hydrogens (tertiary/aromatic N) is 1. The normalized spacial score (nSPS) is 33.6. The Kier molecular flexibility index (Phi) is 4.32. The smallest absolute Gasteiger partial charge is 0.310 e. The highest BCUT2D eigenvalue weighted by Crippen LogP contribution is 2.43. The number of likely N-dealkylation sites (tertiary alicyclic amines) is 1. The zero-order valence-corrected chi connectivity index (χ0v) is 12.6. The van der Waals surface area contributed by atoms with Crippen LogP contribution in [0.25, 0.3) is 0 Å². The van der Waals surface area contributed by atoms with Gasteiger partial charge in [0.25, 0.3) is 0 Å². The number of carbonyl (C=O) groups excluding carboxylic acids is 1. The minimum absolute atomic E-state index is 0.00242. The number of piperidine rings is 1. The lowest BCUT2D eigenvalue weighted by Crippen LogP contribution is -2.54. The summed E-state index contributed by atoms with van der Waals surface area (Å²) in [5.41, 5.74) is 0.194. The van der Waals surface area contributed by atoms with Gasteiger partial charge in [0.05, 0.1) is 18.1 Å². The fourth-order valence-electron chi connectivity index (χ4n) is 4.02. The zero-order valence-electron chi connectivity index (χ0n) is 12.6. The molecular weight excluding hydrogens is 254 g/mol. The summed E-state index contributed by atoms with van der Waals surface area (Å²) in [5, 5.41) is 0. The number of hydrogen-bond donors (Lipinski definition) is 0. The van der Waals surface area contributed by atoms with Gasteiger partial charge in [-0.05, 0) is 58.4 Å². The van der Waals surface area contributed by atoms with E-state index < -0.39 is 0 Å². The van der Waals surface area contributed by atoms with E-state index in [0.717, 1.165) is 39.0 Å². The lowest BCUT2D eigenvalue weighted by Gasteiger charge is -2.50. The average molecular weight is 281 g/mol. The molecule has 0 bridgehead atoms. The molecule has 1 spiro atoms. The maximum Gasteiger partial charge on any atom is 0.310 e. The molecule has 1 unspecified atom stereocenters. The van der Waals surface area contributed by atoms with Crippen LogP contribution < -0.4 is 0 Å². The van der Waals surface area contributed by atoms with E-state index in [-0.39, 0.29) is 17.5 Å². The van der Waals surface area contributed by atoms with E-state index in [1.807, 2.05) is 6.92 Å². The van der Waals surface area contributed by atoms with Crippen LogP contribution in [0.1, 0.15) is 51.9 Å². The standard InChI is InChI=1S/C16H27NO3/c1-2-19-15(18)13-5-3-9-17(12-13)14-6-10-20-16(11-14)7-4-8-16/h13-14H,2-12H2,1H3/t13-,14?/m0/s1.